The van der Waals surface area contributed by atoms with Crippen molar-refractivity contribution in [2.75, 3.05) is 13.7 Å². The molecule has 1 amide bonds. The van der Waals surface area contributed by atoms with E-state index < -0.39 is 0 Å². The summed E-state index contributed by atoms with van der Waals surface area (Å²) in [6, 6.07) is 15.1. The fourth-order valence-electron chi connectivity index (χ4n) is 3.34. The lowest BCUT2D eigenvalue weighted by Crippen LogP contribution is -2.37. The molecule has 0 saturated heterocycles. The third-order valence-corrected chi connectivity index (χ3v) is 5.13. The lowest BCUT2D eigenvalue weighted by Gasteiger charge is -2.28. The smallest absolute Gasteiger partial charge is 0.227 e. The molecule has 0 fully saturated rings. The summed E-state index contributed by atoms with van der Waals surface area (Å²) in [6.45, 7) is 1.20. The molecule has 0 N–H and O–H groups in total. The number of carbonyl (C=O) groups excluding carboxylic acids is 1. The number of carbonyl (C=O) groups is 1. The number of methoxy groups -OCH3 is 1. The molecule has 2 heterocycles. The van der Waals surface area contributed by atoms with E-state index in [9.17, 15) is 4.79 Å². The third kappa shape index (κ3) is 3.99. The van der Waals surface area contributed by atoms with Gasteiger partial charge in [-0.1, -0.05) is 23.7 Å². The van der Waals surface area contributed by atoms with Gasteiger partial charge in [-0.05, 0) is 42.0 Å². The highest BCUT2D eigenvalue weighted by molar-refractivity contribution is 6.30. The molecule has 0 radical (unpaired) electrons. The fourth-order valence-corrected chi connectivity index (χ4v) is 3.46. The number of amides is 1. The molecule has 0 aliphatic carbocycles. The Balaban J connectivity index is 1.47. The number of benzene rings is 2. The Morgan fingerprint density at radius 2 is 2.04 bits per heavy atom. The molecule has 28 heavy (non-hydrogen) atoms. The number of fused-ring (bicyclic) bond motifs is 1. The summed E-state index contributed by atoms with van der Waals surface area (Å²) >= 11 is 5.95. The van der Waals surface area contributed by atoms with Crippen molar-refractivity contribution in [3.8, 4) is 17.1 Å². The number of rotatable bonds is 4. The lowest BCUT2D eigenvalue weighted by atomic mass is 10.0. The van der Waals surface area contributed by atoms with E-state index in [4.69, 9.17) is 21.3 Å². The van der Waals surface area contributed by atoms with Gasteiger partial charge in [-0.15, -0.1) is 0 Å². The zero-order valence-electron chi connectivity index (χ0n) is 15.6. The van der Waals surface area contributed by atoms with Crippen LogP contribution in [0.5, 0.6) is 5.75 Å². The average molecular weight is 394 g/mol. The van der Waals surface area contributed by atoms with E-state index in [0.717, 1.165) is 34.6 Å². The van der Waals surface area contributed by atoms with Crippen molar-refractivity contribution in [1.29, 1.82) is 0 Å². The van der Waals surface area contributed by atoms with Crippen LogP contribution in [0.2, 0.25) is 5.02 Å². The van der Waals surface area contributed by atoms with E-state index in [0.29, 0.717) is 30.4 Å². The van der Waals surface area contributed by atoms with Crippen LogP contribution in [0.25, 0.3) is 11.4 Å². The fraction of sp³-hybridized carbons (Fsp3) is 0.227. The van der Waals surface area contributed by atoms with Gasteiger partial charge in [0.1, 0.15) is 5.75 Å². The first-order valence-corrected chi connectivity index (χ1v) is 9.51. The first-order valence-electron chi connectivity index (χ1n) is 9.14. The van der Waals surface area contributed by atoms with Gasteiger partial charge in [0.05, 0.1) is 19.2 Å². The van der Waals surface area contributed by atoms with Gasteiger partial charge in [-0.3, -0.25) is 4.79 Å². The van der Waals surface area contributed by atoms with Gasteiger partial charge in [-0.2, -0.15) is 0 Å². The zero-order chi connectivity index (χ0) is 19.5. The minimum Gasteiger partial charge on any atom is -0.497 e. The van der Waals surface area contributed by atoms with Gasteiger partial charge in [0.25, 0.3) is 0 Å². The molecule has 142 valence electrons. The lowest BCUT2D eigenvalue weighted by molar-refractivity contribution is -0.131. The highest BCUT2D eigenvalue weighted by Crippen LogP contribution is 2.23. The van der Waals surface area contributed by atoms with Crippen molar-refractivity contribution in [2.24, 2.45) is 0 Å². The molecule has 3 aromatic rings. The molecule has 1 aliphatic rings. The highest BCUT2D eigenvalue weighted by atomic mass is 35.5. The maximum Gasteiger partial charge on any atom is 0.227 e. The predicted octanol–water partition coefficient (Wildman–Crippen LogP) is 3.93. The number of ether oxygens (including phenoxy) is 1. The van der Waals surface area contributed by atoms with Crippen LogP contribution in [0.3, 0.4) is 0 Å². The minimum absolute atomic E-state index is 0.0979. The Labute approximate surface area is 169 Å². The Kier molecular flexibility index (Phi) is 5.26. The van der Waals surface area contributed by atoms with Crippen molar-refractivity contribution in [3.63, 3.8) is 0 Å². The maximum absolute atomic E-state index is 12.7. The van der Waals surface area contributed by atoms with Crippen LogP contribution < -0.4 is 4.74 Å². The molecule has 5 nitrogen and oxygen atoms in total. The third-order valence-electron chi connectivity index (χ3n) is 4.88. The van der Waals surface area contributed by atoms with Gasteiger partial charge >= 0.3 is 0 Å². The topological polar surface area (TPSA) is 55.3 Å². The number of aromatic nitrogens is 2. The Hall–Kier alpha value is -2.92. The van der Waals surface area contributed by atoms with Gasteiger partial charge in [0.2, 0.25) is 5.91 Å². The van der Waals surface area contributed by atoms with E-state index in [1.54, 1.807) is 7.11 Å². The van der Waals surface area contributed by atoms with Crippen LogP contribution in [-0.2, 0) is 24.2 Å². The van der Waals surface area contributed by atoms with E-state index in [1.165, 1.54) is 0 Å². The molecule has 0 saturated carbocycles. The van der Waals surface area contributed by atoms with Crippen LogP contribution in [0.4, 0.5) is 0 Å². The Morgan fingerprint density at radius 1 is 1.21 bits per heavy atom. The van der Waals surface area contributed by atoms with Gasteiger partial charge in [-0.25, -0.2) is 9.97 Å². The summed E-state index contributed by atoms with van der Waals surface area (Å²) in [5, 5.41) is 0.687. The van der Waals surface area contributed by atoms with Gasteiger partial charge in [0, 0.05) is 41.9 Å². The van der Waals surface area contributed by atoms with Crippen molar-refractivity contribution < 1.29 is 9.53 Å². The predicted molar refractivity (Wildman–Crippen MR) is 108 cm³/mol. The van der Waals surface area contributed by atoms with Gasteiger partial charge in [0.15, 0.2) is 5.82 Å². The summed E-state index contributed by atoms with van der Waals surface area (Å²) in [5.74, 6) is 1.55. The second-order valence-electron chi connectivity index (χ2n) is 6.77. The van der Waals surface area contributed by atoms with Crippen LogP contribution >= 0.6 is 11.6 Å². The largest absolute Gasteiger partial charge is 0.497 e. The van der Waals surface area contributed by atoms with Crippen molar-refractivity contribution >= 4 is 17.5 Å². The van der Waals surface area contributed by atoms with Crippen LogP contribution in [0.1, 0.15) is 16.8 Å². The second-order valence-corrected chi connectivity index (χ2v) is 7.20. The zero-order valence-corrected chi connectivity index (χ0v) is 16.3. The Bertz CT molecular complexity index is 1000. The van der Waals surface area contributed by atoms with Crippen molar-refractivity contribution in [3.05, 3.63) is 76.6 Å². The van der Waals surface area contributed by atoms with Crippen LogP contribution in [0.15, 0.2) is 54.7 Å². The maximum atomic E-state index is 12.7. The van der Waals surface area contributed by atoms with Crippen molar-refractivity contribution in [1.82, 2.24) is 14.9 Å². The number of hydrogen-bond donors (Lipinski definition) is 0. The van der Waals surface area contributed by atoms with Crippen LogP contribution in [-0.4, -0.2) is 34.4 Å². The molecule has 0 unspecified atom stereocenters. The summed E-state index contributed by atoms with van der Waals surface area (Å²) in [7, 11) is 1.63. The second kappa shape index (κ2) is 7.98. The highest BCUT2D eigenvalue weighted by Gasteiger charge is 2.22. The molecule has 1 aliphatic heterocycles. The molecule has 2 aromatic carbocycles. The monoisotopic (exact) mass is 393 g/mol. The van der Waals surface area contributed by atoms with E-state index >= 15 is 0 Å². The van der Waals surface area contributed by atoms with Gasteiger partial charge < -0.3 is 9.64 Å². The summed E-state index contributed by atoms with van der Waals surface area (Å²) in [6.07, 6.45) is 2.91. The average Bonchev–Trinajstić information content (AvgIpc) is 2.73. The molecule has 0 bridgehead atoms. The standard InChI is InChI=1S/C22H20ClN3O2/c1-28-19-4-2-3-15(11-19)12-21(27)26-10-9-20-17(14-26)13-24-22(25-20)16-5-7-18(23)8-6-16/h2-8,11,13H,9-10,12,14H2,1H3. The molecule has 0 spiro atoms. The molecule has 4 rings (SSSR count). The number of halogens is 1. The normalized spacial score (nSPS) is 13.1. The number of hydrogen-bond acceptors (Lipinski definition) is 4. The molecule has 6 heteroatoms. The summed E-state index contributed by atoms with van der Waals surface area (Å²) in [5.41, 5.74) is 3.89. The first kappa shape index (κ1) is 18.4. The molecule has 1 aromatic heterocycles. The van der Waals surface area contributed by atoms with Crippen molar-refractivity contribution in [2.45, 2.75) is 19.4 Å². The number of nitrogens with zero attached hydrogens (tertiary/aromatic N) is 3. The quantitative estimate of drug-likeness (QED) is 0.673. The Morgan fingerprint density at radius 3 is 2.82 bits per heavy atom. The van der Waals surface area contributed by atoms with E-state index in [-0.39, 0.29) is 5.91 Å². The van der Waals surface area contributed by atoms with Crippen LogP contribution in [0, 0.1) is 0 Å². The molecule has 0 atom stereocenters. The summed E-state index contributed by atoms with van der Waals surface area (Å²) in [4.78, 5) is 23.8. The molecular formula is C22H20ClN3O2. The van der Waals surface area contributed by atoms with E-state index in [1.807, 2.05) is 59.6 Å². The SMILES string of the molecule is COc1cccc(CC(=O)N2CCc3nc(-c4ccc(Cl)cc4)ncc3C2)c1. The summed E-state index contributed by atoms with van der Waals surface area (Å²) < 4.78 is 5.23. The minimum atomic E-state index is 0.0979. The molecular weight excluding hydrogens is 374 g/mol. The van der Waals surface area contributed by atoms with E-state index in [2.05, 4.69) is 4.98 Å². The first-order chi connectivity index (χ1) is 13.6.